The standard InChI is InChI=1S/C14H14F3NO3/c15-8-5-9(16)12(10(17)6-8)18-11(19)7-14(13(20)21)3-1-2-4-14/h5-6H,1-4,7H2,(H,18,19)(H,20,21). The number of carbonyl (C=O) groups excluding carboxylic acids is 1. The molecule has 4 nitrogen and oxygen atoms in total. The van der Waals surface area contributed by atoms with Crippen LogP contribution in [0.15, 0.2) is 12.1 Å². The van der Waals surface area contributed by atoms with E-state index >= 15 is 0 Å². The van der Waals surface area contributed by atoms with Crippen LogP contribution < -0.4 is 5.32 Å². The summed E-state index contributed by atoms with van der Waals surface area (Å²) in [5, 5.41) is 11.2. The molecule has 2 N–H and O–H groups in total. The molecule has 1 aliphatic carbocycles. The van der Waals surface area contributed by atoms with Crippen LogP contribution in [-0.4, -0.2) is 17.0 Å². The summed E-state index contributed by atoms with van der Waals surface area (Å²) < 4.78 is 39.6. The Kier molecular flexibility index (Phi) is 4.20. The minimum absolute atomic E-state index is 0.351. The van der Waals surface area contributed by atoms with Gasteiger partial charge in [-0.15, -0.1) is 0 Å². The van der Waals surface area contributed by atoms with Gasteiger partial charge in [0.15, 0.2) is 11.6 Å². The van der Waals surface area contributed by atoms with E-state index in [1.54, 1.807) is 0 Å². The van der Waals surface area contributed by atoms with Crippen molar-refractivity contribution in [1.29, 1.82) is 0 Å². The molecule has 1 aromatic rings. The van der Waals surface area contributed by atoms with E-state index in [4.69, 9.17) is 0 Å². The Balaban J connectivity index is 2.14. The summed E-state index contributed by atoms with van der Waals surface area (Å²) in [4.78, 5) is 23.2. The highest BCUT2D eigenvalue weighted by atomic mass is 19.1. The summed E-state index contributed by atoms with van der Waals surface area (Å²) in [6, 6.07) is 0.891. The fraction of sp³-hybridized carbons (Fsp3) is 0.429. The molecule has 0 unspecified atom stereocenters. The number of rotatable bonds is 4. The maximum atomic E-state index is 13.4. The van der Waals surface area contributed by atoms with Gasteiger partial charge in [0, 0.05) is 18.6 Å². The number of carbonyl (C=O) groups is 2. The monoisotopic (exact) mass is 301 g/mol. The summed E-state index contributed by atoms with van der Waals surface area (Å²) in [7, 11) is 0. The lowest BCUT2D eigenvalue weighted by Crippen LogP contribution is -2.33. The van der Waals surface area contributed by atoms with Gasteiger partial charge in [-0.25, -0.2) is 13.2 Å². The molecule has 0 bridgehead atoms. The zero-order chi connectivity index (χ0) is 15.6. The highest BCUT2D eigenvalue weighted by molar-refractivity contribution is 5.94. The topological polar surface area (TPSA) is 66.4 Å². The van der Waals surface area contributed by atoms with Crippen LogP contribution in [0.25, 0.3) is 0 Å². The summed E-state index contributed by atoms with van der Waals surface area (Å²) in [6.07, 6.45) is 1.73. The minimum Gasteiger partial charge on any atom is -0.481 e. The maximum absolute atomic E-state index is 13.4. The second kappa shape index (κ2) is 5.75. The molecule has 0 heterocycles. The lowest BCUT2D eigenvalue weighted by atomic mass is 9.82. The predicted molar refractivity (Wildman–Crippen MR) is 68.1 cm³/mol. The number of hydrogen-bond acceptors (Lipinski definition) is 2. The zero-order valence-electron chi connectivity index (χ0n) is 11.1. The third-order valence-electron chi connectivity index (χ3n) is 3.78. The molecule has 21 heavy (non-hydrogen) atoms. The number of hydrogen-bond donors (Lipinski definition) is 2. The molecule has 1 fully saturated rings. The van der Waals surface area contributed by atoms with E-state index in [9.17, 15) is 27.9 Å². The molecular weight excluding hydrogens is 287 g/mol. The van der Waals surface area contributed by atoms with Crippen LogP contribution >= 0.6 is 0 Å². The van der Waals surface area contributed by atoms with Crippen LogP contribution in [0.2, 0.25) is 0 Å². The van der Waals surface area contributed by atoms with Crippen molar-refractivity contribution in [2.24, 2.45) is 5.41 Å². The van der Waals surface area contributed by atoms with Gasteiger partial charge in [0.2, 0.25) is 5.91 Å². The Labute approximate surface area is 119 Å². The third-order valence-corrected chi connectivity index (χ3v) is 3.78. The van der Waals surface area contributed by atoms with E-state index in [2.05, 4.69) is 0 Å². The SMILES string of the molecule is O=C(CC1(C(=O)O)CCCC1)Nc1c(F)cc(F)cc1F. The molecule has 0 spiro atoms. The van der Waals surface area contributed by atoms with E-state index in [-0.39, 0.29) is 6.42 Å². The van der Waals surface area contributed by atoms with Gasteiger partial charge >= 0.3 is 5.97 Å². The number of carboxylic acid groups (broad SMARTS) is 1. The Bertz CT molecular complexity index is 560. The molecule has 1 aromatic carbocycles. The summed E-state index contributed by atoms with van der Waals surface area (Å²) in [5.41, 5.74) is -1.95. The van der Waals surface area contributed by atoms with Crippen LogP contribution in [0.5, 0.6) is 0 Å². The second-order valence-corrected chi connectivity index (χ2v) is 5.26. The van der Waals surface area contributed by atoms with E-state index in [1.165, 1.54) is 0 Å². The van der Waals surface area contributed by atoms with E-state index in [0.29, 0.717) is 37.8 Å². The average Bonchev–Trinajstić information content (AvgIpc) is 2.83. The highest BCUT2D eigenvalue weighted by Gasteiger charge is 2.43. The largest absolute Gasteiger partial charge is 0.481 e. The highest BCUT2D eigenvalue weighted by Crippen LogP contribution is 2.41. The molecule has 0 aromatic heterocycles. The number of nitrogens with one attached hydrogen (secondary N) is 1. The van der Waals surface area contributed by atoms with Crippen molar-refractivity contribution in [3.8, 4) is 0 Å². The first-order chi connectivity index (χ1) is 9.84. The van der Waals surface area contributed by atoms with Crippen LogP contribution in [0.1, 0.15) is 32.1 Å². The third kappa shape index (κ3) is 3.17. The van der Waals surface area contributed by atoms with Crippen LogP contribution in [-0.2, 0) is 9.59 Å². The number of carboxylic acids is 1. The van der Waals surface area contributed by atoms with E-state index in [0.717, 1.165) is 0 Å². The van der Waals surface area contributed by atoms with Gasteiger partial charge in [-0.2, -0.15) is 0 Å². The van der Waals surface area contributed by atoms with Gasteiger partial charge in [0.25, 0.3) is 0 Å². The summed E-state index contributed by atoms with van der Waals surface area (Å²) in [6.45, 7) is 0. The number of anilines is 1. The first kappa shape index (κ1) is 15.3. The molecule has 2 rings (SSSR count). The average molecular weight is 301 g/mol. The van der Waals surface area contributed by atoms with Crippen LogP contribution in [0, 0.1) is 22.9 Å². The number of aliphatic carboxylic acids is 1. The minimum atomic E-state index is -1.24. The predicted octanol–water partition coefficient (Wildman–Crippen LogP) is 3.08. The molecule has 114 valence electrons. The van der Waals surface area contributed by atoms with E-state index in [1.807, 2.05) is 5.32 Å². The fourth-order valence-corrected chi connectivity index (χ4v) is 2.67. The van der Waals surface area contributed by atoms with E-state index < -0.39 is 40.4 Å². The lowest BCUT2D eigenvalue weighted by molar-refractivity contribution is -0.150. The van der Waals surface area contributed by atoms with Crippen molar-refractivity contribution in [2.45, 2.75) is 32.1 Å². The Morgan fingerprint density at radius 1 is 1.14 bits per heavy atom. The zero-order valence-corrected chi connectivity index (χ0v) is 11.1. The fourth-order valence-electron chi connectivity index (χ4n) is 2.67. The molecule has 1 amide bonds. The van der Waals surface area contributed by atoms with Gasteiger partial charge in [0.05, 0.1) is 5.41 Å². The smallest absolute Gasteiger partial charge is 0.310 e. The molecule has 1 saturated carbocycles. The first-order valence-corrected chi connectivity index (χ1v) is 6.52. The Morgan fingerprint density at radius 2 is 1.67 bits per heavy atom. The van der Waals surface area contributed by atoms with Gasteiger partial charge in [-0.3, -0.25) is 9.59 Å². The maximum Gasteiger partial charge on any atom is 0.310 e. The summed E-state index contributed by atoms with van der Waals surface area (Å²) in [5.74, 6) is -5.46. The molecule has 7 heteroatoms. The number of amides is 1. The van der Waals surface area contributed by atoms with Gasteiger partial charge in [0.1, 0.15) is 11.5 Å². The van der Waals surface area contributed by atoms with Crippen LogP contribution in [0.4, 0.5) is 18.9 Å². The van der Waals surface area contributed by atoms with Crippen molar-refractivity contribution in [3.05, 3.63) is 29.6 Å². The van der Waals surface area contributed by atoms with Crippen molar-refractivity contribution >= 4 is 17.6 Å². The number of benzene rings is 1. The quantitative estimate of drug-likeness (QED) is 0.898. The number of halogens is 3. The van der Waals surface area contributed by atoms with Crippen molar-refractivity contribution in [2.75, 3.05) is 5.32 Å². The summed E-state index contributed by atoms with van der Waals surface area (Å²) >= 11 is 0. The Hall–Kier alpha value is -2.05. The molecule has 0 radical (unpaired) electrons. The molecule has 1 aliphatic rings. The second-order valence-electron chi connectivity index (χ2n) is 5.26. The molecular formula is C14H14F3NO3. The molecule has 0 atom stereocenters. The van der Waals surface area contributed by atoms with Gasteiger partial charge in [-0.1, -0.05) is 12.8 Å². The Morgan fingerprint density at radius 3 is 2.14 bits per heavy atom. The first-order valence-electron chi connectivity index (χ1n) is 6.52. The van der Waals surface area contributed by atoms with Gasteiger partial charge < -0.3 is 10.4 Å². The molecule has 0 aliphatic heterocycles. The van der Waals surface area contributed by atoms with Gasteiger partial charge in [-0.05, 0) is 12.8 Å². The lowest BCUT2D eigenvalue weighted by Gasteiger charge is -2.23. The van der Waals surface area contributed by atoms with Crippen LogP contribution in [0.3, 0.4) is 0 Å². The van der Waals surface area contributed by atoms with Crippen molar-refractivity contribution < 1.29 is 27.9 Å². The normalized spacial score (nSPS) is 16.7. The van der Waals surface area contributed by atoms with Crippen molar-refractivity contribution in [1.82, 2.24) is 0 Å². The van der Waals surface area contributed by atoms with Crippen molar-refractivity contribution in [3.63, 3.8) is 0 Å². The molecule has 0 saturated heterocycles.